The molecule has 2 heterocycles. The number of rotatable bonds is 6. The maximum Gasteiger partial charge on any atom is 0.243 e. The molecule has 6 nitrogen and oxygen atoms in total. The van der Waals surface area contributed by atoms with E-state index in [2.05, 4.69) is 15.5 Å². The van der Waals surface area contributed by atoms with E-state index in [1.165, 1.54) is 19.3 Å². The summed E-state index contributed by atoms with van der Waals surface area (Å²) in [6.45, 7) is 2.95. The van der Waals surface area contributed by atoms with Crippen molar-refractivity contribution in [1.29, 1.82) is 0 Å². The molecule has 4 rings (SSSR count). The molecule has 2 aromatic rings. The molecular weight excluding hydrogens is 400 g/mol. The number of hydrogen-bond acceptors (Lipinski definition) is 4. The summed E-state index contributed by atoms with van der Waals surface area (Å²) in [5.41, 5.74) is 3.55. The van der Waals surface area contributed by atoms with Crippen LogP contribution in [0.15, 0.2) is 42.5 Å². The quantitative estimate of drug-likeness (QED) is 0.713. The summed E-state index contributed by atoms with van der Waals surface area (Å²) in [4.78, 5) is 28.5. The average Bonchev–Trinajstić information content (AvgIpc) is 3.19. The van der Waals surface area contributed by atoms with Crippen molar-refractivity contribution in [1.82, 2.24) is 0 Å². The molecule has 0 aliphatic carbocycles. The van der Waals surface area contributed by atoms with Crippen molar-refractivity contribution in [3.63, 3.8) is 0 Å². The van der Waals surface area contributed by atoms with Gasteiger partial charge in [-0.15, -0.1) is 0 Å². The minimum absolute atomic E-state index is 0.135. The highest BCUT2D eigenvalue weighted by atomic mass is 35.5. The standard InChI is InChI=1S/C23H27ClN4O2/c24-17-6-11-21(27-12-2-1-3-13-27)20(15-17)25-16-22(29)26-18-7-9-19(10-8-18)28-14-4-5-23(28)30/h6-11,15,25H,1-5,12-14,16H2,(H,26,29). The molecule has 0 spiro atoms. The third kappa shape index (κ3) is 4.87. The maximum absolute atomic E-state index is 12.5. The van der Waals surface area contributed by atoms with Gasteiger partial charge < -0.3 is 20.4 Å². The fourth-order valence-electron chi connectivity index (χ4n) is 4.09. The Morgan fingerprint density at radius 2 is 1.73 bits per heavy atom. The Morgan fingerprint density at radius 1 is 0.967 bits per heavy atom. The summed E-state index contributed by atoms with van der Waals surface area (Å²) in [7, 11) is 0. The molecule has 0 saturated carbocycles. The lowest BCUT2D eigenvalue weighted by molar-refractivity contribution is -0.117. The molecule has 7 heteroatoms. The lowest BCUT2D eigenvalue weighted by Gasteiger charge is -2.30. The van der Waals surface area contributed by atoms with E-state index in [1.54, 1.807) is 4.90 Å². The van der Waals surface area contributed by atoms with Gasteiger partial charge in [-0.2, -0.15) is 0 Å². The van der Waals surface area contributed by atoms with E-state index < -0.39 is 0 Å². The van der Waals surface area contributed by atoms with Gasteiger partial charge in [-0.05, 0) is 68.1 Å². The third-order valence-electron chi connectivity index (χ3n) is 5.63. The van der Waals surface area contributed by atoms with E-state index in [9.17, 15) is 9.59 Å². The van der Waals surface area contributed by atoms with Crippen molar-refractivity contribution < 1.29 is 9.59 Å². The summed E-state index contributed by atoms with van der Waals surface area (Å²) < 4.78 is 0. The number of nitrogens with one attached hydrogen (secondary N) is 2. The molecule has 2 N–H and O–H groups in total. The highest BCUT2D eigenvalue weighted by Crippen LogP contribution is 2.31. The van der Waals surface area contributed by atoms with Crippen LogP contribution in [0.25, 0.3) is 0 Å². The first kappa shape index (κ1) is 20.5. The largest absolute Gasteiger partial charge is 0.374 e. The number of amides is 2. The van der Waals surface area contributed by atoms with Gasteiger partial charge in [0.05, 0.1) is 17.9 Å². The molecule has 0 bridgehead atoms. The zero-order valence-corrected chi connectivity index (χ0v) is 17.8. The Labute approximate surface area is 182 Å². The van der Waals surface area contributed by atoms with Gasteiger partial charge in [0.2, 0.25) is 11.8 Å². The van der Waals surface area contributed by atoms with Crippen molar-refractivity contribution in [2.24, 2.45) is 0 Å². The van der Waals surface area contributed by atoms with Crippen LogP contribution < -0.4 is 20.4 Å². The molecule has 2 amide bonds. The van der Waals surface area contributed by atoms with Crippen molar-refractivity contribution in [2.45, 2.75) is 32.1 Å². The molecule has 2 aliphatic rings. The Bertz CT molecular complexity index is 910. The van der Waals surface area contributed by atoms with Crippen LogP contribution in [-0.2, 0) is 9.59 Å². The molecule has 158 valence electrons. The maximum atomic E-state index is 12.5. The van der Waals surface area contributed by atoms with Crippen LogP contribution in [0, 0.1) is 0 Å². The zero-order valence-electron chi connectivity index (χ0n) is 17.0. The molecule has 0 aromatic heterocycles. The van der Waals surface area contributed by atoms with Crippen molar-refractivity contribution >= 4 is 46.2 Å². The van der Waals surface area contributed by atoms with Gasteiger partial charge in [-0.3, -0.25) is 9.59 Å². The third-order valence-corrected chi connectivity index (χ3v) is 5.87. The normalized spacial score (nSPS) is 16.6. The van der Waals surface area contributed by atoms with Gasteiger partial charge in [-0.25, -0.2) is 0 Å². The van der Waals surface area contributed by atoms with E-state index in [1.807, 2.05) is 42.5 Å². The van der Waals surface area contributed by atoms with Crippen molar-refractivity contribution in [3.05, 3.63) is 47.5 Å². The Balaban J connectivity index is 1.36. The van der Waals surface area contributed by atoms with Crippen LogP contribution in [0.5, 0.6) is 0 Å². The first-order chi connectivity index (χ1) is 14.6. The number of anilines is 4. The molecule has 2 fully saturated rings. The molecule has 0 atom stereocenters. The van der Waals surface area contributed by atoms with Crippen LogP contribution >= 0.6 is 11.6 Å². The molecular formula is C23H27ClN4O2. The first-order valence-corrected chi connectivity index (χ1v) is 11.0. The molecule has 0 radical (unpaired) electrons. The van der Waals surface area contributed by atoms with Gasteiger partial charge in [0.1, 0.15) is 0 Å². The number of hydrogen-bond donors (Lipinski definition) is 2. The number of halogens is 1. The van der Waals surface area contributed by atoms with E-state index in [0.29, 0.717) is 17.1 Å². The summed E-state index contributed by atoms with van der Waals surface area (Å²) in [6, 6.07) is 13.2. The minimum Gasteiger partial charge on any atom is -0.374 e. The fraction of sp³-hybridized carbons (Fsp3) is 0.391. The lowest BCUT2D eigenvalue weighted by Crippen LogP contribution is -2.30. The summed E-state index contributed by atoms with van der Waals surface area (Å²) in [5, 5.41) is 6.79. The van der Waals surface area contributed by atoms with Crippen LogP contribution in [0.4, 0.5) is 22.7 Å². The smallest absolute Gasteiger partial charge is 0.243 e. The van der Waals surface area contributed by atoms with Crippen molar-refractivity contribution in [2.75, 3.05) is 46.6 Å². The number of carbonyl (C=O) groups excluding carboxylic acids is 2. The molecule has 30 heavy (non-hydrogen) atoms. The lowest BCUT2D eigenvalue weighted by atomic mass is 10.1. The molecule has 2 saturated heterocycles. The van der Waals surface area contributed by atoms with E-state index in [-0.39, 0.29) is 18.4 Å². The van der Waals surface area contributed by atoms with E-state index >= 15 is 0 Å². The van der Waals surface area contributed by atoms with Gasteiger partial charge in [0.25, 0.3) is 0 Å². The second-order valence-corrected chi connectivity index (χ2v) is 8.24. The molecule has 2 aromatic carbocycles. The highest BCUT2D eigenvalue weighted by molar-refractivity contribution is 6.31. The number of benzene rings is 2. The number of nitrogens with zero attached hydrogens (tertiary/aromatic N) is 2. The predicted molar refractivity (Wildman–Crippen MR) is 123 cm³/mol. The molecule has 2 aliphatic heterocycles. The van der Waals surface area contributed by atoms with Gasteiger partial charge in [0.15, 0.2) is 0 Å². The van der Waals surface area contributed by atoms with Crippen LogP contribution in [0.1, 0.15) is 32.1 Å². The zero-order chi connectivity index (χ0) is 20.9. The summed E-state index contributed by atoms with van der Waals surface area (Å²) in [5.74, 6) is 0.0200. The summed E-state index contributed by atoms with van der Waals surface area (Å²) >= 11 is 6.19. The number of piperidine rings is 1. The van der Waals surface area contributed by atoms with E-state index in [4.69, 9.17) is 11.6 Å². The van der Waals surface area contributed by atoms with Gasteiger partial charge >= 0.3 is 0 Å². The first-order valence-electron chi connectivity index (χ1n) is 10.6. The van der Waals surface area contributed by atoms with Crippen LogP contribution in [0.2, 0.25) is 5.02 Å². The Kier molecular flexibility index (Phi) is 6.43. The Morgan fingerprint density at radius 3 is 2.43 bits per heavy atom. The molecule has 0 unspecified atom stereocenters. The number of carbonyl (C=O) groups is 2. The fourth-order valence-corrected chi connectivity index (χ4v) is 4.26. The predicted octanol–water partition coefficient (Wildman–Crippen LogP) is 4.51. The summed E-state index contributed by atoms with van der Waals surface area (Å²) in [6.07, 6.45) is 5.13. The van der Waals surface area contributed by atoms with Crippen LogP contribution in [-0.4, -0.2) is 38.0 Å². The minimum atomic E-state index is -0.135. The second kappa shape index (κ2) is 9.39. The average molecular weight is 427 g/mol. The second-order valence-electron chi connectivity index (χ2n) is 7.81. The van der Waals surface area contributed by atoms with Crippen LogP contribution in [0.3, 0.4) is 0 Å². The van der Waals surface area contributed by atoms with Gasteiger partial charge in [-0.1, -0.05) is 11.6 Å². The Hall–Kier alpha value is -2.73. The van der Waals surface area contributed by atoms with E-state index in [0.717, 1.165) is 43.1 Å². The van der Waals surface area contributed by atoms with Gasteiger partial charge in [0, 0.05) is 42.5 Å². The SMILES string of the molecule is O=C(CNc1cc(Cl)ccc1N1CCCCC1)Nc1ccc(N2CCCC2=O)cc1. The monoisotopic (exact) mass is 426 g/mol. The topological polar surface area (TPSA) is 64.7 Å². The highest BCUT2D eigenvalue weighted by Gasteiger charge is 2.21. The van der Waals surface area contributed by atoms with Crippen molar-refractivity contribution in [3.8, 4) is 0 Å².